The van der Waals surface area contributed by atoms with Crippen molar-refractivity contribution in [1.29, 1.82) is 0 Å². The monoisotopic (exact) mass is 291 g/mol. The second-order valence-electron chi connectivity index (χ2n) is 5.36. The number of hydrogen-bond donors (Lipinski definition) is 1. The molecule has 0 bridgehead atoms. The minimum absolute atomic E-state index is 0.0565. The first-order chi connectivity index (χ1) is 9.98. The first kappa shape index (κ1) is 15.5. The summed E-state index contributed by atoms with van der Waals surface area (Å²) in [5, 5.41) is 10.3. The van der Waals surface area contributed by atoms with Crippen LogP contribution in [0.3, 0.4) is 0 Å². The maximum Gasteiger partial charge on any atom is 0.338 e. The van der Waals surface area contributed by atoms with E-state index in [1.54, 1.807) is 17.9 Å². The van der Waals surface area contributed by atoms with Crippen LogP contribution < -0.4 is 0 Å². The molecule has 0 saturated carbocycles. The second-order valence-corrected chi connectivity index (χ2v) is 5.36. The maximum absolute atomic E-state index is 12.5. The fourth-order valence-electron chi connectivity index (χ4n) is 2.53. The van der Waals surface area contributed by atoms with Crippen LogP contribution in [0.1, 0.15) is 35.7 Å². The lowest BCUT2D eigenvalue weighted by Gasteiger charge is -2.36. The van der Waals surface area contributed by atoms with Crippen LogP contribution in [0.15, 0.2) is 24.3 Å². The highest BCUT2D eigenvalue weighted by molar-refractivity contribution is 5.95. The van der Waals surface area contributed by atoms with Gasteiger partial charge in [0.15, 0.2) is 5.60 Å². The summed E-state index contributed by atoms with van der Waals surface area (Å²) < 4.78 is 4.89. The van der Waals surface area contributed by atoms with Crippen LogP contribution in [0, 0.1) is 6.92 Å². The molecule has 0 atom stereocenters. The Kier molecular flexibility index (Phi) is 4.63. The van der Waals surface area contributed by atoms with Crippen molar-refractivity contribution in [2.75, 3.05) is 19.7 Å². The smallest absolute Gasteiger partial charge is 0.338 e. The number of hydrogen-bond acceptors (Lipinski definition) is 4. The molecule has 0 aliphatic carbocycles. The van der Waals surface area contributed by atoms with Crippen LogP contribution in [-0.2, 0) is 9.53 Å². The number of benzene rings is 1. The predicted octanol–water partition coefficient (Wildman–Crippen LogP) is 1.53. The lowest BCUT2D eigenvalue weighted by atomic mass is 9.91. The SMILES string of the molecule is CCOC(=O)C1(O)CCN(C(=O)c2ccccc2C)CC1. The van der Waals surface area contributed by atoms with Gasteiger partial charge in [-0.2, -0.15) is 0 Å². The van der Waals surface area contributed by atoms with Gasteiger partial charge < -0.3 is 14.7 Å². The standard InChI is InChI=1S/C16H21NO4/c1-3-21-15(19)16(20)8-10-17(11-9-16)14(18)13-7-5-4-6-12(13)2/h4-7,20H,3,8-11H2,1-2H3. The van der Waals surface area contributed by atoms with Gasteiger partial charge >= 0.3 is 5.97 Å². The number of rotatable bonds is 3. The van der Waals surface area contributed by atoms with E-state index in [2.05, 4.69) is 0 Å². The number of carbonyl (C=O) groups excluding carboxylic acids is 2. The van der Waals surface area contributed by atoms with Gasteiger partial charge in [0.2, 0.25) is 0 Å². The van der Waals surface area contributed by atoms with Gasteiger partial charge in [0, 0.05) is 31.5 Å². The fourth-order valence-corrected chi connectivity index (χ4v) is 2.53. The molecule has 0 spiro atoms. The molecule has 114 valence electrons. The average Bonchev–Trinajstić information content (AvgIpc) is 2.48. The molecule has 1 amide bonds. The van der Waals surface area contributed by atoms with Crippen molar-refractivity contribution < 1.29 is 19.4 Å². The molecule has 1 heterocycles. The Hall–Kier alpha value is -1.88. The number of aryl methyl sites for hydroxylation is 1. The number of amides is 1. The van der Waals surface area contributed by atoms with E-state index in [1.807, 2.05) is 25.1 Å². The molecule has 1 saturated heterocycles. The Bertz CT molecular complexity index is 533. The van der Waals surface area contributed by atoms with Crippen LogP contribution in [-0.4, -0.2) is 47.2 Å². The first-order valence-corrected chi connectivity index (χ1v) is 7.22. The summed E-state index contributed by atoms with van der Waals surface area (Å²) in [7, 11) is 0. The summed E-state index contributed by atoms with van der Waals surface area (Å²) >= 11 is 0. The number of carbonyl (C=O) groups is 2. The molecule has 0 unspecified atom stereocenters. The van der Waals surface area contributed by atoms with Crippen LogP contribution in [0.5, 0.6) is 0 Å². The Labute approximate surface area is 124 Å². The van der Waals surface area contributed by atoms with Gasteiger partial charge in [-0.05, 0) is 25.5 Å². The van der Waals surface area contributed by atoms with Gasteiger partial charge in [-0.15, -0.1) is 0 Å². The van der Waals surface area contributed by atoms with Crippen molar-refractivity contribution in [1.82, 2.24) is 4.90 Å². The quantitative estimate of drug-likeness (QED) is 0.858. The summed E-state index contributed by atoms with van der Waals surface area (Å²) in [6, 6.07) is 7.41. The molecule has 0 radical (unpaired) electrons. The third kappa shape index (κ3) is 3.24. The van der Waals surface area contributed by atoms with Crippen molar-refractivity contribution in [3.8, 4) is 0 Å². The third-order valence-electron chi connectivity index (χ3n) is 3.91. The topological polar surface area (TPSA) is 66.8 Å². The minimum atomic E-state index is -1.46. The predicted molar refractivity (Wildman–Crippen MR) is 77.9 cm³/mol. The fraction of sp³-hybridized carbons (Fsp3) is 0.500. The second kappa shape index (κ2) is 6.26. The van der Waals surface area contributed by atoms with Crippen molar-refractivity contribution in [3.05, 3.63) is 35.4 Å². The minimum Gasteiger partial charge on any atom is -0.464 e. The van der Waals surface area contributed by atoms with Crippen LogP contribution in [0.25, 0.3) is 0 Å². The van der Waals surface area contributed by atoms with E-state index in [1.165, 1.54) is 0 Å². The van der Waals surface area contributed by atoms with E-state index in [9.17, 15) is 14.7 Å². The Balaban J connectivity index is 2.03. The molecule has 2 rings (SSSR count). The molecular weight excluding hydrogens is 270 g/mol. The van der Waals surface area contributed by atoms with E-state index < -0.39 is 11.6 Å². The highest BCUT2D eigenvalue weighted by Gasteiger charge is 2.41. The van der Waals surface area contributed by atoms with Gasteiger partial charge in [0.05, 0.1) is 6.61 Å². The van der Waals surface area contributed by atoms with Gasteiger partial charge in [-0.1, -0.05) is 18.2 Å². The van der Waals surface area contributed by atoms with Crippen LogP contribution in [0.2, 0.25) is 0 Å². The van der Waals surface area contributed by atoms with Crippen molar-refractivity contribution in [2.45, 2.75) is 32.3 Å². The van der Waals surface area contributed by atoms with Gasteiger partial charge in [0.25, 0.3) is 5.91 Å². The molecule has 1 N–H and O–H groups in total. The Morgan fingerprint density at radius 1 is 1.29 bits per heavy atom. The van der Waals surface area contributed by atoms with Crippen molar-refractivity contribution >= 4 is 11.9 Å². The zero-order chi connectivity index (χ0) is 15.5. The molecule has 1 aromatic rings. The van der Waals surface area contributed by atoms with Gasteiger partial charge in [-0.3, -0.25) is 4.79 Å². The molecule has 1 aromatic carbocycles. The third-order valence-corrected chi connectivity index (χ3v) is 3.91. The van der Waals surface area contributed by atoms with E-state index in [0.717, 1.165) is 5.56 Å². The lowest BCUT2D eigenvalue weighted by molar-refractivity contribution is -0.169. The summed E-state index contributed by atoms with van der Waals surface area (Å²) in [4.78, 5) is 25.9. The van der Waals surface area contributed by atoms with Gasteiger partial charge in [-0.25, -0.2) is 4.79 Å². The average molecular weight is 291 g/mol. The molecule has 1 aliphatic heterocycles. The summed E-state index contributed by atoms with van der Waals surface area (Å²) in [6.45, 7) is 4.54. The van der Waals surface area contributed by atoms with Crippen LogP contribution >= 0.6 is 0 Å². The normalized spacial score (nSPS) is 17.4. The maximum atomic E-state index is 12.5. The summed E-state index contributed by atoms with van der Waals surface area (Å²) in [5.74, 6) is -0.646. The van der Waals surface area contributed by atoms with Crippen molar-refractivity contribution in [3.63, 3.8) is 0 Å². The zero-order valence-electron chi connectivity index (χ0n) is 12.5. The molecule has 5 heteroatoms. The highest BCUT2D eigenvalue weighted by atomic mass is 16.5. The lowest BCUT2D eigenvalue weighted by Crippen LogP contribution is -2.51. The highest BCUT2D eigenvalue weighted by Crippen LogP contribution is 2.25. The molecule has 1 fully saturated rings. The van der Waals surface area contributed by atoms with E-state index in [0.29, 0.717) is 18.7 Å². The summed E-state index contributed by atoms with van der Waals surface area (Å²) in [5.41, 5.74) is 0.131. The number of piperidine rings is 1. The number of aliphatic hydroxyl groups is 1. The number of ether oxygens (including phenoxy) is 1. The van der Waals surface area contributed by atoms with Gasteiger partial charge in [0.1, 0.15) is 0 Å². The number of esters is 1. The molecule has 5 nitrogen and oxygen atoms in total. The zero-order valence-corrected chi connectivity index (χ0v) is 12.5. The first-order valence-electron chi connectivity index (χ1n) is 7.22. The van der Waals surface area contributed by atoms with E-state index in [4.69, 9.17) is 4.74 Å². The van der Waals surface area contributed by atoms with E-state index >= 15 is 0 Å². The summed E-state index contributed by atoms with van der Waals surface area (Å²) in [6.07, 6.45) is 0.424. The Morgan fingerprint density at radius 3 is 2.48 bits per heavy atom. The number of nitrogens with zero attached hydrogens (tertiary/aromatic N) is 1. The molecule has 0 aromatic heterocycles. The largest absolute Gasteiger partial charge is 0.464 e. The molecular formula is C16H21NO4. The van der Waals surface area contributed by atoms with Crippen molar-refractivity contribution in [2.24, 2.45) is 0 Å². The van der Waals surface area contributed by atoms with E-state index in [-0.39, 0.29) is 25.4 Å². The number of likely N-dealkylation sites (tertiary alicyclic amines) is 1. The molecule has 21 heavy (non-hydrogen) atoms. The molecule has 1 aliphatic rings. The Morgan fingerprint density at radius 2 is 1.90 bits per heavy atom. The van der Waals surface area contributed by atoms with Crippen LogP contribution in [0.4, 0.5) is 0 Å².